The van der Waals surface area contributed by atoms with Crippen LogP contribution >= 0.6 is 0 Å². The average Bonchev–Trinajstić information content (AvgIpc) is 3.01. The number of rotatable bonds is 10. The molecular weight excluding hydrogens is 518 g/mol. The molecule has 0 bridgehead atoms. The van der Waals surface area contributed by atoms with Crippen LogP contribution in [0.4, 0.5) is 21.9 Å². The molecule has 0 saturated carbocycles. The third kappa shape index (κ3) is 7.07. The highest BCUT2D eigenvalue weighted by Crippen LogP contribution is 2.37. The quantitative estimate of drug-likeness (QED) is 0.138. The monoisotopic (exact) mass is 545 g/mol. The van der Waals surface area contributed by atoms with Gasteiger partial charge in [-0.1, -0.05) is 0 Å². The van der Waals surface area contributed by atoms with Gasteiger partial charge in [0.05, 0.1) is 25.8 Å². The molecule has 0 fully saturated rings. The summed E-state index contributed by atoms with van der Waals surface area (Å²) in [7, 11) is 1.59. The van der Waals surface area contributed by atoms with Gasteiger partial charge in [0, 0.05) is 35.4 Å². The van der Waals surface area contributed by atoms with Crippen molar-refractivity contribution >= 4 is 34.0 Å². The minimum absolute atomic E-state index is 0.369. The summed E-state index contributed by atoms with van der Waals surface area (Å²) < 4.78 is 17.2. The van der Waals surface area contributed by atoms with Crippen LogP contribution in [0.1, 0.15) is 12.0 Å². The van der Waals surface area contributed by atoms with Crippen LogP contribution in [0.25, 0.3) is 15.7 Å². The van der Waals surface area contributed by atoms with Crippen molar-refractivity contribution in [2.45, 2.75) is 12.8 Å². The Bertz CT molecular complexity index is 1670. The average molecular weight is 546 g/mol. The van der Waals surface area contributed by atoms with Crippen molar-refractivity contribution in [3.8, 4) is 23.0 Å². The number of benzene rings is 3. The molecule has 5 aromatic rings. The summed E-state index contributed by atoms with van der Waals surface area (Å²) in [4.78, 5) is 24.5. The summed E-state index contributed by atoms with van der Waals surface area (Å²) in [6.45, 7) is 8.14. The van der Waals surface area contributed by atoms with Gasteiger partial charge in [0.25, 0.3) is 0 Å². The molecule has 2 amide bonds. The van der Waals surface area contributed by atoms with Crippen molar-refractivity contribution in [3.63, 3.8) is 0 Å². The van der Waals surface area contributed by atoms with Crippen molar-refractivity contribution in [3.05, 3.63) is 114 Å². The molecule has 2 aromatic heterocycles. The highest BCUT2D eigenvalue weighted by Gasteiger charge is 2.12. The zero-order valence-electron chi connectivity index (χ0n) is 22.3. The zero-order chi connectivity index (χ0) is 28.4. The highest BCUT2D eigenvalue weighted by molar-refractivity contribution is 5.99. The third-order valence-electron chi connectivity index (χ3n) is 6.21. The van der Waals surface area contributed by atoms with E-state index in [1.165, 1.54) is 5.56 Å². The molecule has 9 nitrogen and oxygen atoms in total. The largest absolute Gasteiger partial charge is 0.505 e. The lowest BCUT2D eigenvalue weighted by molar-refractivity contribution is 0.262. The van der Waals surface area contributed by atoms with E-state index in [1.807, 2.05) is 12.1 Å². The predicted molar refractivity (Wildman–Crippen MR) is 158 cm³/mol. The van der Waals surface area contributed by atoms with Crippen LogP contribution in [0.15, 0.2) is 97.5 Å². The maximum absolute atomic E-state index is 12.4. The topological polar surface area (TPSA) is 99.0 Å². The van der Waals surface area contributed by atoms with Gasteiger partial charge in [-0.15, -0.1) is 0 Å². The number of fused-ring (bicyclic) bond motifs is 1. The fraction of sp³-hybridized carbons (Fsp3) is 0.125. The van der Waals surface area contributed by atoms with Gasteiger partial charge in [-0.25, -0.2) is 9.64 Å². The molecule has 0 aliphatic carbocycles. The molecule has 3 aromatic carbocycles. The zero-order valence-corrected chi connectivity index (χ0v) is 22.3. The van der Waals surface area contributed by atoms with Gasteiger partial charge >= 0.3 is 6.03 Å². The lowest BCUT2D eigenvalue weighted by Gasteiger charge is -2.13. The summed E-state index contributed by atoms with van der Waals surface area (Å²) in [5.41, 5.74) is 3.49. The van der Waals surface area contributed by atoms with Gasteiger partial charge in [0.15, 0.2) is 0 Å². The number of hydrogen-bond acceptors (Lipinski definition) is 6. The van der Waals surface area contributed by atoms with E-state index in [2.05, 4.69) is 25.4 Å². The number of pyridine rings is 2. The number of aryl methyl sites for hydroxylation is 1. The molecular formula is C32H27N5O4. The number of methoxy groups -OCH3 is 1. The van der Waals surface area contributed by atoms with Gasteiger partial charge in [-0.2, -0.15) is 0 Å². The first-order chi connectivity index (χ1) is 20.1. The smallest absolute Gasteiger partial charge is 0.323 e. The second-order valence-corrected chi connectivity index (χ2v) is 9.00. The van der Waals surface area contributed by atoms with Crippen molar-refractivity contribution < 1.29 is 19.0 Å². The molecule has 204 valence electrons. The number of ether oxygens (including phenoxy) is 3. The van der Waals surface area contributed by atoms with Crippen LogP contribution in [0.2, 0.25) is 0 Å². The van der Waals surface area contributed by atoms with E-state index < -0.39 is 0 Å². The molecule has 2 heterocycles. The Morgan fingerprint density at radius 3 is 2.20 bits per heavy atom. The number of aromatic nitrogens is 2. The molecule has 0 atom stereocenters. The fourth-order valence-electron chi connectivity index (χ4n) is 4.14. The van der Waals surface area contributed by atoms with Crippen molar-refractivity contribution in [1.29, 1.82) is 0 Å². The molecule has 0 radical (unpaired) electrons. The van der Waals surface area contributed by atoms with E-state index in [-0.39, 0.29) is 6.03 Å². The first kappa shape index (κ1) is 27.0. The van der Waals surface area contributed by atoms with Gasteiger partial charge < -0.3 is 24.8 Å². The summed E-state index contributed by atoms with van der Waals surface area (Å²) in [5, 5.41) is 6.27. The van der Waals surface area contributed by atoms with Gasteiger partial charge in [-0.3, -0.25) is 9.97 Å². The Labute approximate surface area is 237 Å². The van der Waals surface area contributed by atoms with Crippen LogP contribution < -0.4 is 24.8 Å². The number of nitrogens with one attached hydrogen (secondary N) is 2. The lowest BCUT2D eigenvalue weighted by Crippen LogP contribution is -2.19. The third-order valence-corrected chi connectivity index (χ3v) is 6.21. The normalized spacial score (nSPS) is 10.4. The maximum Gasteiger partial charge on any atom is 0.323 e. The highest BCUT2D eigenvalue weighted by atomic mass is 16.5. The first-order valence-corrected chi connectivity index (χ1v) is 12.9. The molecule has 41 heavy (non-hydrogen) atoms. The Morgan fingerprint density at radius 1 is 0.854 bits per heavy atom. The second kappa shape index (κ2) is 13.0. The number of hydrogen-bond donors (Lipinski definition) is 2. The van der Waals surface area contributed by atoms with Gasteiger partial charge in [-0.05, 0) is 97.3 Å². The van der Waals surface area contributed by atoms with E-state index >= 15 is 0 Å². The molecule has 0 saturated heterocycles. The van der Waals surface area contributed by atoms with Crippen molar-refractivity contribution in [2.24, 2.45) is 0 Å². The van der Waals surface area contributed by atoms with E-state index in [1.54, 1.807) is 92.4 Å². The van der Waals surface area contributed by atoms with Crippen LogP contribution in [-0.4, -0.2) is 29.7 Å². The molecule has 5 rings (SSSR count). The maximum atomic E-state index is 12.4. The number of urea groups is 1. The van der Waals surface area contributed by atoms with Crippen LogP contribution in [0.3, 0.4) is 0 Å². The molecule has 0 unspecified atom stereocenters. The Morgan fingerprint density at radius 2 is 1.54 bits per heavy atom. The Balaban J connectivity index is 1.22. The molecule has 0 spiro atoms. The van der Waals surface area contributed by atoms with Crippen LogP contribution in [-0.2, 0) is 6.42 Å². The van der Waals surface area contributed by atoms with Crippen molar-refractivity contribution in [1.82, 2.24) is 9.97 Å². The van der Waals surface area contributed by atoms with E-state index in [0.29, 0.717) is 57.6 Å². The summed E-state index contributed by atoms with van der Waals surface area (Å²) >= 11 is 0. The standard InChI is InChI=1S/C32H27N5O4/c1-33-29-20-27-28(21-31(29)40-19-3-4-22-13-16-34-17-14-22)35-18-15-30(27)41-26-11-7-24(8-12-26)37-32(38)36-23-5-9-25(39-2)10-6-23/h5-18,20-21H,3-4,19H2,2H3,(H2,36,37,38). The first-order valence-electron chi connectivity index (χ1n) is 12.9. The van der Waals surface area contributed by atoms with Gasteiger partial charge in [0.1, 0.15) is 23.0 Å². The molecule has 9 heteroatoms. The van der Waals surface area contributed by atoms with Crippen LogP contribution in [0, 0.1) is 6.57 Å². The second-order valence-electron chi connectivity index (χ2n) is 9.00. The number of amides is 2. The minimum atomic E-state index is -0.369. The summed E-state index contributed by atoms with van der Waals surface area (Å²) in [6, 6.07) is 22.9. The summed E-state index contributed by atoms with van der Waals surface area (Å²) in [6.07, 6.45) is 6.88. The molecule has 2 N–H and O–H groups in total. The van der Waals surface area contributed by atoms with E-state index in [9.17, 15) is 4.79 Å². The van der Waals surface area contributed by atoms with Crippen molar-refractivity contribution in [2.75, 3.05) is 24.4 Å². The molecule has 0 aliphatic heterocycles. The van der Waals surface area contributed by atoms with Gasteiger partial charge in [0.2, 0.25) is 5.69 Å². The fourth-order valence-corrected chi connectivity index (χ4v) is 4.14. The van der Waals surface area contributed by atoms with Crippen LogP contribution in [0.5, 0.6) is 23.0 Å². The number of carbonyl (C=O) groups excluding carboxylic acids is 1. The predicted octanol–water partition coefficient (Wildman–Crippen LogP) is 7.64. The number of anilines is 2. The number of nitrogens with zero attached hydrogens (tertiary/aromatic N) is 3. The van der Waals surface area contributed by atoms with E-state index in [4.69, 9.17) is 20.8 Å². The van der Waals surface area contributed by atoms with E-state index in [0.717, 1.165) is 12.8 Å². The lowest BCUT2D eigenvalue weighted by atomic mass is 10.1. The minimum Gasteiger partial charge on any atom is -0.505 e. The SMILES string of the molecule is [C-]#[N+]c1cc2c(Oc3ccc(NC(=O)Nc4ccc(OC)cc4)cc3)ccnc2cc1OCCCc1ccncc1. The number of carbonyl (C=O) groups is 1. The Kier molecular flexibility index (Phi) is 8.52. The molecule has 0 aliphatic rings. The summed E-state index contributed by atoms with van der Waals surface area (Å²) in [5.74, 6) is 2.33. The Hall–Kier alpha value is -5.62.